The van der Waals surface area contributed by atoms with Crippen molar-refractivity contribution >= 4 is 11.7 Å². The Morgan fingerprint density at radius 3 is 2.43 bits per heavy atom. The summed E-state index contributed by atoms with van der Waals surface area (Å²) in [7, 11) is 0. The third-order valence-corrected chi connectivity index (χ3v) is 3.41. The number of hydrogen-bond donors (Lipinski definition) is 1. The Kier molecular flexibility index (Phi) is 4.19. The molecule has 2 aromatic heterocycles. The molecular weight excluding hydrogens is 288 g/mol. The summed E-state index contributed by atoms with van der Waals surface area (Å²) in [5.41, 5.74) is 2.37. The molecule has 0 aliphatic carbocycles. The van der Waals surface area contributed by atoms with Gasteiger partial charge in [-0.1, -0.05) is 38.1 Å². The lowest BCUT2D eigenvalue weighted by atomic mass is 10.2. The van der Waals surface area contributed by atoms with Gasteiger partial charge in [0.1, 0.15) is 11.5 Å². The topological polar surface area (TPSA) is 59.8 Å². The van der Waals surface area contributed by atoms with Gasteiger partial charge in [-0.25, -0.2) is 4.68 Å². The lowest BCUT2D eigenvalue weighted by Gasteiger charge is -2.10. The number of aromatic nitrogens is 3. The Labute approximate surface area is 135 Å². The van der Waals surface area contributed by atoms with Gasteiger partial charge < -0.3 is 5.32 Å². The van der Waals surface area contributed by atoms with E-state index in [4.69, 9.17) is 0 Å². The average Bonchev–Trinajstić information content (AvgIpc) is 3.00. The smallest absolute Gasteiger partial charge is 0.228 e. The standard InChI is InChI=1S/C18H18N4O/c1-13(2)18(23)20-17-12-16(15-10-6-7-11-19-15)21-22(17)14-8-4-3-5-9-14/h3-13H,1-2H3,(H,20,23). The molecule has 0 unspecified atom stereocenters. The first-order chi connectivity index (χ1) is 11.1. The lowest BCUT2D eigenvalue weighted by Crippen LogP contribution is -2.19. The van der Waals surface area contributed by atoms with E-state index in [0.29, 0.717) is 11.5 Å². The summed E-state index contributed by atoms with van der Waals surface area (Å²) in [5.74, 6) is 0.484. The number of benzene rings is 1. The predicted octanol–water partition coefficient (Wildman–Crippen LogP) is 3.53. The number of nitrogens with one attached hydrogen (secondary N) is 1. The van der Waals surface area contributed by atoms with Crippen molar-refractivity contribution in [1.29, 1.82) is 0 Å². The maximum atomic E-state index is 12.1. The molecule has 23 heavy (non-hydrogen) atoms. The van der Waals surface area contributed by atoms with Gasteiger partial charge in [-0.2, -0.15) is 5.10 Å². The van der Waals surface area contributed by atoms with Crippen LogP contribution >= 0.6 is 0 Å². The summed E-state index contributed by atoms with van der Waals surface area (Å²) in [4.78, 5) is 16.4. The molecular formula is C18H18N4O. The predicted molar refractivity (Wildman–Crippen MR) is 90.3 cm³/mol. The minimum Gasteiger partial charge on any atom is -0.310 e. The second-order valence-corrected chi connectivity index (χ2v) is 5.52. The van der Waals surface area contributed by atoms with Crippen molar-refractivity contribution in [1.82, 2.24) is 14.8 Å². The molecule has 5 heteroatoms. The minimum absolute atomic E-state index is 0.0466. The highest BCUT2D eigenvalue weighted by molar-refractivity contribution is 5.92. The molecule has 3 rings (SSSR count). The maximum absolute atomic E-state index is 12.1. The van der Waals surface area contributed by atoms with Gasteiger partial charge in [-0.3, -0.25) is 9.78 Å². The van der Waals surface area contributed by atoms with Crippen LogP contribution in [0.3, 0.4) is 0 Å². The van der Waals surface area contributed by atoms with Gasteiger partial charge in [0.05, 0.1) is 11.4 Å². The van der Waals surface area contributed by atoms with Gasteiger partial charge in [-0.05, 0) is 24.3 Å². The van der Waals surface area contributed by atoms with Gasteiger partial charge in [0.15, 0.2) is 0 Å². The van der Waals surface area contributed by atoms with Crippen LogP contribution in [0.25, 0.3) is 17.1 Å². The summed E-state index contributed by atoms with van der Waals surface area (Å²) < 4.78 is 1.73. The van der Waals surface area contributed by atoms with E-state index in [0.717, 1.165) is 11.4 Å². The first-order valence-electron chi connectivity index (χ1n) is 7.53. The number of hydrogen-bond acceptors (Lipinski definition) is 3. The fourth-order valence-electron chi connectivity index (χ4n) is 2.15. The number of anilines is 1. The average molecular weight is 306 g/mol. The highest BCUT2D eigenvalue weighted by Crippen LogP contribution is 2.23. The molecule has 0 aliphatic heterocycles. The summed E-state index contributed by atoms with van der Waals surface area (Å²) in [5, 5.41) is 7.53. The Morgan fingerprint density at radius 2 is 1.78 bits per heavy atom. The van der Waals surface area contributed by atoms with Gasteiger partial charge in [0.25, 0.3) is 0 Å². The second-order valence-electron chi connectivity index (χ2n) is 5.52. The number of nitrogens with zero attached hydrogens (tertiary/aromatic N) is 3. The third-order valence-electron chi connectivity index (χ3n) is 3.41. The molecule has 2 heterocycles. The zero-order chi connectivity index (χ0) is 16.2. The van der Waals surface area contributed by atoms with E-state index < -0.39 is 0 Å². The number of amides is 1. The molecule has 1 aromatic carbocycles. The lowest BCUT2D eigenvalue weighted by molar-refractivity contribution is -0.118. The highest BCUT2D eigenvalue weighted by atomic mass is 16.1. The van der Waals surface area contributed by atoms with E-state index in [-0.39, 0.29) is 11.8 Å². The van der Waals surface area contributed by atoms with E-state index in [1.165, 1.54) is 0 Å². The van der Waals surface area contributed by atoms with Gasteiger partial charge in [0.2, 0.25) is 5.91 Å². The van der Waals surface area contributed by atoms with Crippen molar-refractivity contribution in [3.05, 3.63) is 60.8 Å². The van der Waals surface area contributed by atoms with E-state index in [1.807, 2.05) is 68.4 Å². The monoisotopic (exact) mass is 306 g/mol. The van der Waals surface area contributed by atoms with Crippen molar-refractivity contribution in [2.24, 2.45) is 5.92 Å². The van der Waals surface area contributed by atoms with Gasteiger partial charge in [0, 0.05) is 18.2 Å². The van der Waals surface area contributed by atoms with Crippen molar-refractivity contribution in [3.63, 3.8) is 0 Å². The fourth-order valence-corrected chi connectivity index (χ4v) is 2.15. The summed E-state index contributed by atoms with van der Waals surface area (Å²) in [6.07, 6.45) is 1.73. The highest BCUT2D eigenvalue weighted by Gasteiger charge is 2.15. The maximum Gasteiger partial charge on any atom is 0.228 e. The normalized spacial score (nSPS) is 10.7. The van der Waals surface area contributed by atoms with Gasteiger partial charge in [-0.15, -0.1) is 0 Å². The zero-order valence-corrected chi connectivity index (χ0v) is 13.1. The van der Waals surface area contributed by atoms with E-state index in [9.17, 15) is 4.79 Å². The molecule has 0 fully saturated rings. The summed E-state index contributed by atoms with van der Waals surface area (Å²) >= 11 is 0. The van der Waals surface area contributed by atoms with E-state index in [2.05, 4.69) is 15.4 Å². The minimum atomic E-state index is -0.104. The van der Waals surface area contributed by atoms with Crippen LogP contribution in [0.4, 0.5) is 5.82 Å². The Balaban J connectivity index is 2.05. The Morgan fingerprint density at radius 1 is 1.04 bits per heavy atom. The molecule has 1 N–H and O–H groups in total. The number of pyridine rings is 1. The van der Waals surface area contributed by atoms with Crippen LogP contribution in [0.5, 0.6) is 0 Å². The Hall–Kier alpha value is -2.95. The molecule has 3 aromatic rings. The van der Waals surface area contributed by atoms with E-state index >= 15 is 0 Å². The van der Waals surface area contributed by atoms with Crippen molar-refractivity contribution in [2.45, 2.75) is 13.8 Å². The van der Waals surface area contributed by atoms with Crippen molar-refractivity contribution in [2.75, 3.05) is 5.32 Å². The number of para-hydroxylation sites is 1. The molecule has 0 radical (unpaired) electrons. The molecule has 0 bridgehead atoms. The van der Waals surface area contributed by atoms with Crippen molar-refractivity contribution < 1.29 is 4.79 Å². The molecule has 0 saturated heterocycles. The SMILES string of the molecule is CC(C)C(=O)Nc1cc(-c2ccccn2)nn1-c1ccccc1. The molecule has 116 valence electrons. The quantitative estimate of drug-likeness (QED) is 0.802. The Bertz CT molecular complexity index is 794. The zero-order valence-electron chi connectivity index (χ0n) is 13.1. The third kappa shape index (κ3) is 3.29. The largest absolute Gasteiger partial charge is 0.310 e. The van der Waals surface area contributed by atoms with Crippen molar-refractivity contribution in [3.8, 4) is 17.1 Å². The number of carbonyl (C=O) groups is 1. The van der Waals surface area contributed by atoms with Crippen LogP contribution in [0, 0.1) is 5.92 Å². The first-order valence-corrected chi connectivity index (χ1v) is 7.53. The van der Waals surface area contributed by atoms with Crippen LogP contribution in [0.2, 0.25) is 0 Å². The molecule has 0 aliphatic rings. The molecule has 5 nitrogen and oxygen atoms in total. The van der Waals surface area contributed by atoms with Crippen LogP contribution in [0.1, 0.15) is 13.8 Å². The first kappa shape index (κ1) is 15.0. The van der Waals surface area contributed by atoms with Crippen LogP contribution in [-0.4, -0.2) is 20.7 Å². The van der Waals surface area contributed by atoms with E-state index in [1.54, 1.807) is 10.9 Å². The van der Waals surface area contributed by atoms with Crippen LogP contribution < -0.4 is 5.32 Å². The summed E-state index contributed by atoms with van der Waals surface area (Å²) in [6.45, 7) is 3.72. The number of rotatable bonds is 4. The fraction of sp³-hybridized carbons (Fsp3) is 0.167. The molecule has 0 spiro atoms. The molecule has 1 amide bonds. The van der Waals surface area contributed by atoms with Crippen LogP contribution in [-0.2, 0) is 4.79 Å². The molecule has 0 saturated carbocycles. The molecule has 0 atom stereocenters. The number of carbonyl (C=O) groups excluding carboxylic acids is 1. The second kappa shape index (κ2) is 6.44. The van der Waals surface area contributed by atoms with Crippen LogP contribution in [0.15, 0.2) is 60.8 Å². The van der Waals surface area contributed by atoms with Gasteiger partial charge >= 0.3 is 0 Å². The summed E-state index contributed by atoms with van der Waals surface area (Å²) in [6, 6.07) is 17.2.